The highest BCUT2D eigenvalue weighted by molar-refractivity contribution is 5.98. The van der Waals surface area contributed by atoms with Gasteiger partial charge >= 0.3 is 18.2 Å². The van der Waals surface area contributed by atoms with Crippen molar-refractivity contribution in [3.8, 4) is 11.8 Å². The van der Waals surface area contributed by atoms with Gasteiger partial charge in [-0.2, -0.15) is 18.2 Å². The topological polar surface area (TPSA) is 90.8 Å². The molecule has 2 heterocycles. The number of halogens is 3. The highest BCUT2D eigenvalue weighted by Crippen LogP contribution is 2.55. The van der Waals surface area contributed by atoms with Gasteiger partial charge in [0.2, 0.25) is 0 Å². The van der Waals surface area contributed by atoms with Crippen LogP contribution >= 0.6 is 0 Å². The van der Waals surface area contributed by atoms with Gasteiger partial charge in [-0.05, 0) is 92.3 Å². The lowest BCUT2D eigenvalue weighted by Crippen LogP contribution is -2.63. The Morgan fingerprint density at radius 2 is 1.68 bits per heavy atom. The predicted octanol–water partition coefficient (Wildman–Crippen LogP) is 5.90. The molecule has 1 aliphatic heterocycles. The van der Waals surface area contributed by atoms with E-state index >= 15 is 0 Å². The van der Waals surface area contributed by atoms with Gasteiger partial charge in [-0.15, -0.1) is 0 Å². The Kier molecular flexibility index (Phi) is 6.11. The molecular weight excluding hydrogens is 535 g/mol. The first-order valence-corrected chi connectivity index (χ1v) is 14.0. The van der Waals surface area contributed by atoms with Crippen molar-refractivity contribution in [3.63, 3.8) is 0 Å². The fourth-order valence-corrected chi connectivity index (χ4v) is 7.63. The quantitative estimate of drug-likeness (QED) is 0.410. The molecule has 0 saturated heterocycles. The van der Waals surface area contributed by atoms with Crippen LogP contribution in [-0.2, 0) is 6.18 Å². The number of urea groups is 1. The van der Waals surface area contributed by atoms with Gasteiger partial charge in [-0.3, -0.25) is 4.90 Å². The number of carbonyl (C=O) groups excluding carboxylic acids is 1. The van der Waals surface area contributed by atoms with E-state index in [1.807, 2.05) is 36.4 Å². The van der Waals surface area contributed by atoms with Gasteiger partial charge in [0.25, 0.3) is 0 Å². The van der Waals surface area contributed by atoms with Gasteiger partial charge in [-0.1, -0.05) is 12.1 Å². The molecule has 11 heteroatoms. The van der Waals surface area contributed by atoms with E-state index in [-0.39, 0.29) is 18.1 Å². The average Bonchev–Trinajstić information content (AvgIpc) is 2.94. The number of nitrogens with one attached hydrogen (secondary N) is 1. The van der Waals surface area contributed by atoms with Crippen LogP contribution in [-0.4, -0.2) is 45.8 Å². The molecule has 2 N–H and O–H groups in total. The van der Waals surface area contributed by atoms with Gasteiger partial charge in [0.05, 0.1) is 17.0 Å². The molecule has 2 aromatic carbocycles. The zero-order valence-corrected chi connectivity index (χ0v) is 22.2. The maximum Gasteiger partial charge on any atom is 0.433 e. The first-order valence-electron chi connectivity index (χ1n) is 14.0. The van der Waals surface area contributed by atoms with Crippen molar-refractivity contribution in [1.82, 2.24) is 15.3 Å². The second kappa shape index (κ2) is 9.61. The van der Waals surface area contributed by atoms with Crippen molar-refractivity contribution >= 4 is 23.1 Å². The molecule has 0 radical (unpaired) electrons. The number of ether oxygens (including phenoxy) is 1. The molecule has 8 nitrogen and oxygen atoms in total. The second-order valence-electron chi connectivity index (χ2n) is 11.8. The van der Waals surface area contributed by atoms with E-state index in [1.54, 1.807) is 17.0 Å². The van der Waals surface area contributed by atoms with Gasteiger partial charge < -0.3 is 20.1 Å². The summed E-state index contributed by atoms with van der Waals surface area (Å²) in [5.41, 5.74) is 0.915. The van der Waals surface area contributed by atoms with Gasteiger partial charge in [0, 0.05) is 31.0 Å². The largest absolute Gasteiger partial charge is 0.433 e. The molecule has 2 amide bonds. The fraction of sp³-hybridized carbons (Fsp3) is 0.433. The number of aromatic nitrogens is 2. The zero-order valence-electron chi connectivity index (χ0n) is 22.2. The number of anilines is 3. The van der Waals surface area contributed by atoms with Crippen LogP contribution in [0.5, 0.6) is 11.8 Å². The van der Waals surface area contributed by atoms with Crippen LogP contribution in [0.2, 0.25) is 0 Å². The minimum Gasteiger partial charge on any atom is -0.424 e. The Labute approximate surface area is 235 Å². The molecule has 4 fully saturated rings. The normalized spacial score (nSPS) is 28.4. The van der Waals surface area contributed by atoms with E-state index in [4.69, 9.17) is 4.74 Å². The third-order valence-corrected chi connectivity index (χ3v) is 9.07. The molecule has 1 aromatic heterocycles. The SMILES string of the molecule is O=C(NC1[C@@H]2CC3C[C@H]1CC(O)(C3)C2)N1CCN(c2ccc(Oc3nccc(C(F)(F)F)n3)cc2)c2ccccc21. The maximum atomic E-state index is 13.6. The monoisotopic (exact) mass is 565 g/mol. The van der Waals surface area contributed by atoms with E-state index < -0.39 is 17.5 Å². The average molecular weight is 566 g/mol. The highest BCUT2D eigenvalue weighted by atomic mass is 19.4. The van der Waals surface area contributed by atoms with Gasteiger partial charge in [0.1, 0.15) is 5.75 Å². The summed E-state index contributed by atoms with van der Waals surface area (Å²) in [5, 5.41) is 14.3. The lowest BCUT2D eigenvalue weighted by Gasteiger charge is -2.58. The summed E-state index contributed by atoms with van der Waals surface area (Å²) in [5.74, 6) is 1.53. The number of hydrogen-bond donors (Lipinski definition) is 2. The number of nitrogens with zero attached hydrogens (tertiary/aromatic N) is 4. The molecule has 4 aliphatic carbocycles. The van der Waals surface area contributed by atoms with E-state index in [1.165, 1.54) is 0 Å². The number of para-hydroxylation sites is 2. The van der Waals surface area contributed by atoms with Crippen molar-refractivity contribution in [2.24, 2.45) is 17.8 Å². The van der Waals surface area contributed by atoms with Crippen molar-refractivity contribution in [1.29, 1.82) is 0 Å². The number of benzene rings is 2. The van der Waals surface area contributed by atoms with Crippen LogP contribution in [0.3, 0.4) is 0 Å². The minimum atomic E-state index is -4.59. The third kappa shape index (κ3) is 4.86. The standard InChI is InChI=1S/C30H30F3N5O3/c31-30(32,33)25-9-10-34-27(35-25)41-22-7-5-21(6-8-22)37-11-12-38(24-4-2-1-3-23(24)37)28(39)36-26-19-13-18-14-20(26)17-29(40,15-18)16-19/h1-10,18-20,26,40H,11-17H2,(H,36,39)/t18?,19-,20+,26?,29?. The summed E-state index contributed by atoms with van der Waals surface area (Å²) in [4.78, 5) is 24.7. The van der Waals surface area contributed by atoms with Crippen molar-refractivity contribution in [2.75, 3.05) is 22.9 Å². The van der Waals surface area contributed by atoms with Crippen molar-refractivity contribution in [2.45, 2.75) is 49.9 Å². The summed E-state index contributed by atoms with van der Waals surface area (Å²) >= 11 is 0. The molecule has 5 aliphatic rings. The molecule has 4 saturated carbocycles. The van der Waals surface area contributed by atoms with E-state index in [9.17, 15) is 23.1 Å². The van der Waals surface area contributed by atoms with Crippen LogP contribution in [0.15, 0.2) is 60.8 Å². The molecule has 214 valence electrons. The molecule has 4 bridgehead atoms. The van der Waals surface area contributed by atoms with E-state index in [2.05, 4.69) is 20.2 Å². The maximum absolute atomic E-state index is 13.6. The summed E-state index contributed by atoms with van der Waals surface area (Å²) in [7, 11) is 0. The minimum absolute atomic E-state index is 0.0952. The summed E-state index contributed by atoms with van der Waals surface area (Å²) in [6.45, 7) is 1.04. The Balaban J connectivity index is 1.06. The summed E-state index contributed by atoms with van der Waals surface area (Å²) in [6, 6.07) is 15.1. The van der Waals surface area contributed by atoms with Crippen LogP contribution in [0, 0.1) is 17.8 Å². The molecule has 41 heavy (non-hydrogen) atoms. The van der Waals surface area contributed by atoms with Crippen molar-refractivity contribution in [3.05, 3.63) is 66.5 Å². The smallest absolute Gasteiger partial charge is 0.424 e. The van der Waals surface area contributed by atoms with Crippen LogP contribution < -0.4 is 19.9 Å². The number of amides is 2. The predicted molar refractivity (Wildman–Crippen MR) is 145 cm³/mol. The Morgan fingerprint density at radius 3 is 2.37 bits per heavy atom. The number of hydrogen-bond acceptors (Lipinski definition) is 6. The Hall–Kier alpha value is -3.86. The number of fused-ring (bicyclic) bond motifs is 1. The Morgan fingerprint density at radius 1 is 0.976 bits per heavy atom. The van der Waals surface area contributed by atoms with Crippen LogP contribution in [0.1, 0.15) is 37.8 Å². The zero-order chi connectivity index (χ0) is 28.4. The molecule has 3 aromatic rings. The number of rotatable bonds is 4. The van der Waals surface area contributed by atoms with E-state index in [0.29, 0.717) is 36.6 Å². The molecule has 8 rings (SSSR count). The third-order valence-electron chi connectivity index (χ3n) is 9.07. The molecule has 5 atom stereocenters. The van der Waals surface area contributed by atoms with Crippen LogP contribution in [0.25, 0.3) is 0 Å². The number of carbonyl (C=O) groups is 1. The fourth-order valence-electron chi connectivity index (χ4n) is 7.63. The second-order valence-corrected chi connectivity index (χ2v) is 11.8. The first kappa shape index (κ1) is 26.1. The number of alkyl halides is 3. The summed E-state index contributed by atoms with van der Waals surface area (Å²) in [6.07, 6.45) is 1.03. The van der Waals surface area contributed by atoms with Crippen molar-refractivity contribution < 1.29 is 27.8 Å². The van der Waals surface area contributed by atoms with Gasteiger partial charge in [0.15, 0.2) is 5.69 Å². The highest BCUT2D eigenvalue weighted by Gasteiger charge is 2.55. The molecule has 0 spiro atoms. The van der Waals surface area contributed by atoms with Gasteiger partial charge in [-0.25, -0.2) is 9.78 Å². The van der Waals surface area contributed by atoms with E-state index in [0.717, 1.165) is 61.4 Å². The lowest BCUT2D eigenvalue weighted by atomic mass is 9.52. The Bertz CT molecular complexity index is 1450. The van der Waals surface area contributed by atoms with Crippen LogP contribution in [0.4, 0.5) is 35.0 Å². The number of aliphatic hydroxyl groups is 1. The summed E-state index contributed by atoms with van der Waals surface area (Å²) < 4.78 is 44.4. The lowest BCUT2D eigenvalue weighted by molar-refractivity contribution is -0.141. The first-order chi connectivity index (χ1) is 19.6. The molecule has 3 unspecified atom stereocenters. The molecular formula is C30H30F3N5O3.